The number of aromatic amines is 2. The van der Waals surface area contributed by atoms with Gasteiger partial charge in [-0.1, -0.05) is 27.7 Å². The number of H-pyrrole nitrogens is 2. The number of hydrogen-bond acceptors (Lipinski definition) is 7. The minimum absolute atomic E-state index is 0.00677. The summed E-state index contributed by atoms with van der Waals surface area (Å²) in [4.78, 5) is 23.3. The maximum absolute atomic E-state index is 12.9. The molecule has 10 nitrogen and oxygen atoms in total. The number of amides is 1. The largest absolute Gasteiger partial charge is 0.412 e. The Kier molecular flexibility index (Phi) is 6.64. The Balaban J connectivity index is 1.24. The molecule has 1 amide bonds. The predicted molar refractivity (Wildman–Crippen MR) is 150 cm³/mol. The molecule has 6 rings (SSSR count). The van der Waals surface area contributed by atoms with Crippen LogP contribution < -0.4 is 5.32 Å². The number of benzene rings is 1. The van der Waals surface area contributed by atoms with Crippen molar-refractivity contribution in [2.75, 3.05) is 19.6 Å². The molecule has 1 aliphatic heterocycles. The maximum Gasteiger partial charge on any atom is 0.309 e. The highest BCUT2D eigenvalue weighted by molar-refractivity contribution is 5.99. The van der Waals surface area contributed by atoms with E-state index in [4.69, 9.17) is 4.42 Å². The molecule has 1 saturated heterocycles. The third kappa shape index (κ3) is 4.92. The fraction of sp³-hybridized carbons (Fsp3) is 0.414. The van der Waals surface area contributed by atoms with Crippen LogP contribution in [-0.2, 0) is 0 Å². The zero-order valence-electron chi connectivity index (χ0n) is 22.8. The number of piperidine rings is 1. The van der Waals surface area contributed by atoms with E-state index in [1.54, 1.807) is 12.4 Å². The number of pyridine rings is 1. The number of fused-ring (bicyclic) bond motifs is 2. The molecule has 3 N–H and O–H groups in total. The van der Waals surface area contributed by atoms with E-state index in [0.29, 0.717) is 11.8 Å². The van der Waals surface area contributed by atoms with Gasteiger partial charge in [-0.25, -0.2) is 4.98 Å². The van der Waals surface area contributed by atoms with Crippen molar-refractivity contribution in [3.8, 4) is 22.7 Å². The molecule has 0 spiro atoms. The number of rotatable bonds is 7. The molecule has 39 heavy (non-hydrogen) atoms. The van der Waals surface area contributed by atoms with Crippen LogP contribution in [0.3, 0.4) is 0 Å². The molecule has 4 aromatic heterocycles. The summed E-state index contributed by atoms with van der Waals surface area (Å²) in [6.07, 6.45) is 5.44. The van der Waals surface area contributed by atoms with Gasteiger partial charge in [0.2, 0.25) is 5.89 Å². The number of nitrogens with zero attached hydrogens (tertiary/aromatic N) is 5. The number of carbonyl (C=O) groups excluding carboxylic acids is 1. The van der Waals surface area contributed by atoms with Gasteiger partial charge < -0.3 is 19.6 Å². The Morgan fingerprint density at radius 2 is 1.95 bits per heavy atom. The lowest BCUT2D eigenvalue weighted by Gasteiger charge is -2.33. The van der Waals surface area contributed by atoms with Crippen molar-refractivity contribution < 1.29 is 9.21 Å². The lowest BCUT2D eigenvalue weighted by atomic mass is 9.95. The molecule has 0 unspecified atom stereocenters. The van der Waals surface area contributed by atoms with Crippen LogP contribution in [0.15, 0.2) is 41.1 Å². The minimum Gasteiger partial charge on any atom is -0.412 e. The fourth-order valence-corrected chi connectivity index (χ4v) is 5.68. The zero-order chi connectivity index (χ0) is 27.1. The highest BCUT2D eigenvalue weighted by Gasteiger charge is 2.25. The number of hydrogen-bond donors (Lipinski definition) is 3. The summed E-state index contributed by atoms with van der Waals surface area (Å²) in [7, 11) is 0. The number of aromatic nitrogens is 6. The molecule has 0 saturated carbocycles. The van der Waals surface area contributed by atoms with Crippen LogP contribution in [0.1, 0.15) is 62.7 Å². The summed E-state index contributed by atoms with van der Waals surface area (Å²) in [6, 6.07) is 8.13. The first kappa shape index (κ1) is 25.2. The Morgan fingerprint density at radius 1 is 1.13 bits per heavy atom. The molecular weight excluding hydrogens is 492 g/mol. The van der Waals surface area contributed by atoms with E-state index < -0.39 is 0 Å². The van der Waals surface area contributed by atoms with Crippen LogP contribution in [0.4, 0.5) is 0 Å². The van der Waals surface area contributed by atoms with Crippen molar-refractivity contribution in [1.29, 1.82) is 0 Å². The lowest BCUT2D eigenvalue weighted by Crippen LogP contribution is -2.45. The van der Waals surface area contributed by atoms with Gasteiger partial charge in [-0.15, -0.1) is 10.2 Å². The van der Waals surface area contributed by atoms with Gasteiger partial charge >= 0.3 is 11.8 Å². The second kappa shape index (κ2) is 10.3. The second-order valence-electron chi connectivity index (χ2n) is 11.2. The Labute approximate surface area is 226 Å². The van der Waals surface area contributed by atoms with Gasteiger partial charge in [0.1, 0.15) is 0 Å². The molecule has 10 heteroatoms. The van der Waals surface area contributed by atoms with Crippen LogP contribution in [-0.4, -0.2) is 66.8 Å². The monoisotopic (exact) mass is 526 g/mol. The van der Waals surface area contributed by atoms with Crippen LogP contribution in [0.5, 0.6) is 0 Å². The molecule has 0 radical (unpaired) electrons. The van der Waals surface area contributed by atoms with Gasteiger partial charge in [-0.05, 0) is 54.5 Å². The van der Waals surface area contributed by atoms with Crippen LogP contribution in [0, 0.1) is 5.92 Å². The van der Waals surface area contributed by atoms with Gasteiger partial charge in [-0.2, -0.15) is 5.10 Å². The molecule has 5 heterocycles. The Bertz CT molecular complexity index is 1620. The molecule has 0 aliphatic carbocycles. The van der Waals surface area contributed by atoms with Gasteiger partial charge in [0, 0.05) is 59.3 Å². The molecular formula is C29H34N8O2. The number of carbonyl (C=O) groups is 1. The summed E-state index contributed by atoms with van der Waals surface area (Å²) in [5.74, 6) is 0.894. The van der Waals surface area contributed by atoms with Gasteiger partial charge in [-0.3, -0.25) is 9.89 Å². The van der Waals surface area contributed by atoms with Crippen LogP contribution in [0.25, 0.3) is 44.6 Å². The van der Waals surface area contributed by atoms with Crippen molar-refractivity contribution in [2.24, 2.45) is 5.92 Å². The quantitative estimate of drug-likeness (QED) is 0.268. The average molecular weight is 527 g/mol. The summed E-state index contributed by atoms with van der Waals surface area (Å²) < 4.78 is 5.86. The van der Waals surface area contributed by atoms with Crippen molar-refractivity contribution >= 4 is 27.8 Å². The minimum atomic E-state index is -0.314. The van der Waals surface area contributed by atoms with E-state index in [1.165, 1.54) is 5.56 Å². The van der Waals surface area contributed by atoms with E-state index >= 15 is 0 Å². The fourth-order valence-electron chi connectivity index (χ4n) is 5.68. The van der Waals surface area contributed by atoms with Gasteiger partial charge in [0.25, 0.3) is 0 Å². The lowest BCUT2D eigenvalue weighted by molar-refractivity contribution is 0.0873. The third-order valence-corrected chi connectivity index (χ3v) is 7.45. The Morgan fingerprint density at radius 3 is 2.72 bits per heavy atom. The van der Waals surface area contributed by atoms with E-state index in [1.807, 2.05) is 18.2 Å². The number of likely N-dealkylation sites (tertiary alicyclic amines) is 1. The molecule has 0 bridgehead atoms. The summed E-state index contributed by atoms with van der Waals surface area (Å²) in [5, 5.41) is 20.5. The van der Waals surface area contributed by atoms with Crippen molar-refractivity contribution in [3.05, 3.63) is 48.1 Å². The van der Waals surface area contributed by atoms with Crippen molar-refractivity contribution in [3.63, 3.8) is 0 Å². The summed E-state index contributed by atoms with van der Waals surface area (Å²) in [5.41, 5.74) is 5.79. The highest BCUT2D eigenvalue weighted by atomic mass is 16.4. The molecule has 1 aromatic carbocycles. The van der Waals surface area contributed by atoms with E-state index in [-0.39, 0.29) is 23.8 Å². The number of nitrogens with one attached hydrogen (secondary N) is 3. The zero-order valence-corrected chi connectivity index (χ0v) is 22.8. The predicted octanol–water partition coefficient (Wildman–Crippen LogP) is 5.13. The standard InChI is InChI=1S/C29H34N8O2/c1-16(2)15-37-11-8-19(9-12-37)32-27(38)29-36-35-28(39-29)18-5-6-23-21(13-18)24(17(3)4)25(33-23)20-7-10-30-26-22(20)14-31-34-26/h5-7,10,13-14,16-17,19,33H,8-9,11-12,15H2,1-4H3,(H,32,38)(H,30,31,34). The van der Waals surface area contributed by atoms with Gasteiger partial charge in [0.05, 0.1) is 11.9 Å². The smallest absolute Gasteiger partial charge is 0.309 e. The SMILES string of the molecule is CC(C)CN1CCC(NC(=O)c2nnc(-c3ccc4[nH]c(-c5ccnc6[nH]ncc56)c(C(C)C)c4c3)o2)CC1. The third-order valence-electron chi connectivity index (χ3n) is 7.45. The molecule has 5 aromatic rings. The normalized spacial score (nSPS) is 15.2. The van der Waals surface area contributed by atoms with E-state index in [9.17, 15) is 4.79 Å². The summed E-state index contributed by atoms with van der Waals surface area (Å²) in [6.45, 7) is 11.9. The van der Waals surface area contributed by atoms with Crippen LogP contribution >= 0.6 is 0 Å². The Hall–Kier alpha value is -4.05. The van der Waals surface area contributed by atoms with Gasteiger partial charge in [0.15, 0.2) is 5.65 Å². The van der Waals surface area contributed by atoms with E-state index in [2.05, 4.69) is 74.3 Å². The first-order chi connectivity index (χ1) is 18.9. The first-order valence-corrected chi connectivity index (χ1v) is 13.7. The molecule has 0 atom stereocenters. The van der Waals surface area contributed by atoms with Crippen LogP contribution in [0.2, 0.25) is 0 Å². The van der Waals surface area contributed by atoms with E-state index in [0.717, 1.165) is 71.2 Å². The molecule has 202 valence electrons. The highest BCUT2D eigenvalue weighted by Crippen LogP contribution is 2.39. The topological polar surface area (TPSA) is 129 Å². The summed E-state index contributed by atoms with van der Waals surface area (Å²) >= 11 is 0. The second-order valence-corrected chi connectivity index (χ2v) is 11.2. The first-order valence-electron chi connectivity index (χ1n) is 13.7. The maximum atomic E-state index is 12.9. The average Bonchev–Trinajstić information content (AvgIpc) is 3.67. The van der Waals surface area contributed by atoms with Crippen molar-refractivity contribution in [1.82, 2.24) is 40.6 Å². The molecule has 1 aliphatic rings. The molecule has 1 fully saturated rings. The van der Waals surface area contributed by atoms with Crippen molar-refractivity contribution in [2.45, 2.75) is 52.5 Å².